The number of benzene rings is 2. The van der Waals surface area contributed by atoms with Crippen LogP contribution in [0.2, 0.25) is 0 Å². The molecule has 1 aliphatic rings. The minimum Gasteiger partial charge on any atom is -0.504 e. The Hall–Kier alpha value is -2.97. The van der Waals surface area contributed by atoms with E-state index in [1.165, 1.54) is 18.2 Å². The van der Waals surface area contributed by atoms with Gasteiger partial charge in [-0.3, -0.25) is 10.8 Å². The standard InChI is InChI=1S/C21H24N4O4.2ClH/c22-19(23)16-7-8-17(26)18(13-16)28-11-12-29-21(27)15-5-3-14(4-6-15)20(24)25-9-1-2-10-25;;/h3-8,13,24,26H,1-2,9-12H2,(H3,22,23);2*1H. The number of rotatable bonds is 7. The van der Waals surface area contributed by atoms with Crippen molar-refractivity contribution in [1.82, 2.24) is 4.90 Å². The molecule has 0 unspecified atom stereocenters. The molecular formula is C21H26Cl2N4O4. The van der Waals surface area contributed by atoms with E-state index in [0.717, 1.165) is 31.5 Å². The van der Waals surface area contributed by atoms with Gasteiger partial charge in [0.25, 0.3) is 0 Å². The smallest absolute Gasteiger partial charge is 0.338 e. The monoisotopic (exact) mass is 468 g/mol. The SMILES string of the molecule is Cl.Cl.N=C(N)c1ccc(O)c(OCCOC(=O)c2ccc(C(=N)N3CCCC3)cc2)c1. The number of hydrogen-bond acceptors (Lipinski definition) is 6. The van der Waals surface area contributed by atoms with Crippen molar-refractivity contribution in [2.24, 2.45) is 5.73 Å². The Balaban J connectivity index is 0.00000240. The molecule has 1 heterocycles. The summed E-state index contributed by atoms with van der Waals surface area (Å²) in [7, 11) is 0. The number of nitrogens with one attached hydrogen (secondary N) is 2. The third-order valence-corrected chi connectivity index (χ3v) is 4.66. The number of phenolic OH excluding ortho intramolecular Hbond substituents is 1. The van der Waals surface area contributed by atoms with Crippen LogP contribution in [0.15, 0.2) is 42.5 Å². The molecule has 0 spiro atoms. The van der Waals surface area contributed by atoms with Gasteiger partial charge in [0, 0.05) is 24.2 Å². The number of carbonyl (C=O) groups excluding carboxylic acids is 1. The summed E-state index contributed by atoms with van der Waals surface area (Å²) in [5, 5.41) is 25.4. The minimum absolute atomic E-state index is 0. The Morgan fingerprint density at radius 1 is 0.968 bits per heavy atom. The van der Waals surface area contributed by atoms with E-state index in [1.54, 1.807) is 24.3 Å². The highest BCUT2D eigenvalue weighted by Crippen LogP contribution is 2.26. The maximum Gasteiger partial charge on any atom is 0.338 e. The molecule has 10 heteroatoms. The molecule has 0 bridgehead atoms. The van der Waals surface area contributed by atoms with Crippen molar-refractivity contribution in [3.63, 3.8) is 0 Å². The molecule has 168 valence electrons. The van der Waals surface area contributed by atoms with Gasteiger partial charge in [-0.1, -0.05) is 12.1 Å². The molecule has 2 aromatic rings. The quantitative estimate of drug-likeness (QED) is 0.213. The number of amidine groups is 2. The number of halogens is 2. The van der Waals surface area contributed by atoms with Gasteiger partial charge in [-0.2, -0.15) is 0 Å². The van der Waals surface area contributed by atoms with E-state index in [-0.39, 0.29) is 55.4 Å². The lowest BCUT2D eigenvalue weighted by atomic mass is 10.1. The summed E-state index contributed by atoms with van der Waals surface area (Å²) in [6.07, 6.45) is 2.21. The van der Waals surface area contributed by atoms with Gasteiger partial charge in [-0.15, -0.1) is 24.8 Å². The molecule has 2 aromatic carbocycles. The van der Waals surface area contributed by atoms with Crippen molar-refractivity contribution in [2.45, 2.75) is 12.8 Å². The van der Waals surface area contributed by atoms with Crippen LogP contribution in [0.1, 0.15) is 34.3 Å². The van der Waals surface area contributed by atoms with Crippen LogP contribution in [-0.4, -0.2) is 54.0 Å². The number of carbonyl (C=O) groups is 1. The van der Waals surface area contributed by atoms with Crippen LogP contribution < -0.4 is 10.5 Å². The molecule has 0 amide bonds. The first-order valence-electron chi connectivity index (χ1n) is 9.37. The van der Waals surface area contributed by atoms with E-state index in [0.29, 0.717) is 17.0 Å². The van der Waals surface area contributed by atoms with Crippen LogP contribution in [0.3, 0.4) is 0 Å². The third kappa shape index (κ3) is 6.77. The zero-order chi connectivity index (χ0) is 20.8. The van der Waals surface area contributed by atoms with Gasteiger partial charge in [-0.25, -0.2) is 4.79 Å². The summed E-state index contributed by atoms with van der Waals surface area (Å²) < 4.78 is 10.6. The highest BCUT2D eigenvalue weighted by molar-refractivity contribution is 5.98. The van der Waals surface area contributed by atoms with Gasteiger partial charge in [0.15, 0.2) is 11.5 Å². The average molecular weight is 469 g/mol. The van der Waals surface area contributed by atoms with E-state index < -0.39 is 5.97 Å². The maximum absolute atomic E-state index is 12.2. The fraction of sp³-hybridized carbons (Fsp3) is 0.286. The first-order chi connectivity index (χ1) is 14.0. The van der Waals surface area contributed by atoms with E-state index in [2.05, 4.69) is 0 Å². The summed E-state index contributed by atoms with van der Waals surface area (Å²) in [6, 6.07) is 11.1. The lowest BCUT2D eigenvalue weighted by Crippen LogP contribution is -2.27. The lowest BCUT2D eigenvalue weighted by molar-refractivity contribution is 0.0449. The lowest BCUT2D eigenvalue weighted by Gasteiger charge is -2.18. The fourth-order valence-corrected chi connectivity index (χ4v) is 3.05. The summed E-state index contributed by atoms with van der Waals surface area (Å²) in [5.41, 5.74) is 7.01. The highest BCUT2D eigenvalue weighted by Gasteiger charge is 2.17. The summed E-state index contributed by atoms with van der Waals surface area (Å²) in [4.78, 5) is 14.2. The summed E-state index contributed by atoms with van der Waals surface area (Å²) in [6.45, 7) is 1.83. The number of aromatic hydroxyl groups is 1. The number of nitrogens with zero attached hydrogens (tertiary/aromatic N) is 1. The van der Waals surface area contributed by atoms with Crippen molar-refractivity contribution in [1.29, 1.82) is 10.8 Å². The zero-order valence-corrected chi connectivity index (χ0v) is 18.4. The Morgan fingerprint density at radius 2 is 1.55 bits per heavy atom. The maximum atomic E-state index is 12.2. The number of likely N-dealkylation sites (tertiary alicyclic amines) is 1. The second-order valence-corrected chi connectivity index (χ2v) is 6.70. The predicted molar refractivity (Wildman–Crippen MR) is 123 cm³/mol. The van der Waals surface area contributed by atoms with Gasteiger partial charge in [-0.05, 0) is 43.2 Å². The van der Waals surface area contributed by atoms with Crippen molar-refractivity contribution in [2.75, 3.05) is 26.3 Å². The summed E-state index contributed by atoms with van der Waals surface area (Å²) >= 11 is 0. The minimum atomic E-state index is -0.491. The van der Waals surface area contributed by atoms with Crippen LogP contribution in [0.25, 0.3) is 0 Å². The predicted octanol–water partition coefficient (Wildman–Crippen LogP) is 3.18. The Kier molecular flexibility index (Phi) is 10.1. The van der Waals surface area contributed by atoms with Crippen molar-refractivity contribution in [3.05, 3.63) is 59.2 Å². The molecular weight excluding hydrogens is 443 g/mol. The third-order valence-electron chi connectivity index (χ3n) is 4.66. The van der Waals surface area contributed by atoms with E-state index in [1.807, 2.05) is 4.90 Å². The molecule has 1 fully saturated rings. The molecule has 1 aliphatic heterocycles. The van der Waals surface area contributed by atoms with Gasteiger partial charge in [0.1, 0.15) is 24.9 Å². The number of nitrogens with two attached hydrogens (primary N) is 1. The number of hydrogen-bond donors (Lipinski definition) is 4. The van der Waals surface area contributed by atoms with E-state index in [4.69, 9.17) is 26.0 Å². The van der Waals surface area contributed by atoms with Gasteiger partial charge >= 0.3 is 5.97 Å². The Labute approximate surface area is 193 Å². The molecule has 0 atom stereocenters. The average Bonchev–Trinajstić information content (AvgIpc) is 3.26. The molecule has 31 heavy (non-hydrogen) atoms. The first-order valence-corrected chi connectivity index (χ1v) is 9.37. The Bertz CT molecular complexity index is 916. The van der Waals surface area contributed by atoms with Crippen LogP contribution in [-0.2, 0) is 4.74 Å². The topological polar surface area (TPSA) is 133 Å². The van der Waals surface area contributed by atoms with Crippen molar-refractivity contribution < 1.29 is 19.4 Å². The largest absolute Gasteiger partial charge is 0.504 e. The van der Waals surface area contributed by atoms with Crippen LogP contribution in [0.5, 0.6) is 11.5 Å². The normalized spacial score (nSPS) is 12.3. The molecule has 3 rings (SSSR count). The van der Waals surface area contributed by atoms with Crippen molar-refractivity contribution >= 4 is 42.5 Å². The first kappa shape index (κ1) is 26.1. The van der Waals surface area contributed by atoms with Gasteiger partial charge in [0.05, 0.1) is 5.56 Å². The molecule has 8 nitrogen and oxygen atoms in total. The number of ether oxygens (including phenoxy) is 2. The molecule has 0 saturated carbocycles. The fourth-order valence-electron chi connectivity index (χ4n) is 3.05. The van der Waals surface area contributed by atoms with Gasteiger partial charge in [0.2, 0.25) is 0 Å². The number of esters is 1. The van der Waals surface area contributed by atoms with E-state index in [9.17, 15) is 9.90 Å². The number of phenols is 1. The van der Waals surface area contributed by atoms with E-state index >= 15 is 0 Å². The molecule has 0 aromatic heterocycles. The van der Waals surface area contributed by atoms with Crippen LogP contribution in [0, 0.1) is 10.8 Å². The molecule has 0 radical (unpaired) electrons. The van der Waals surface area contributed by atoms with Crippen LogP contribution >= 0.6 is 24.8 Å². The van der Waals surface area contributed by atoms with Crippen LogP contribution in [0.4, 0.5) is 0 Å². The molecule has 1 saturated heterocycles. The van der Waals surface area contributed by atoms with Crippen molar-refractivity contribution in [3.8, 4) is 11.5 Å². The second-order valence-electron chi connectivity index (χ2n) is 6.70. The molecule has 0 aliphatic carbocycles. The summed E-state index contributed by atoms with van der Waals surface area (Å²) in [5.74, 6) is -0.0728. The van der Waals surface area contributed by atoms with Gasteiger partial charge < -0.3 is 25.2 Å². The highest BCUT2D eigenvalue weighted by atomic mass is 35.5. The molecule has 5 N–H and O–H groups in total. The Morgan fingerprint density at radius 3 is 2.16 bits per heavy atom. The number of nitrogen functional groups attached to an aromatic ring is 1. The second kappa shape index (κ2) is 12.0. The zero-order valence-electron chi connectivity index (χ0n) is 16.8.